The number of aromatic amines is 1. The van der Waals surface area contributed by atoms with E-state index in [0.29, 0.717) is 4.68 Å². The molecular weight excluding hydrogens is 182 g/mol. The first-order valence-electron chi connectivity index (χ1n) is 3.16. The lowest BCUT2D eigenvalue weighted by Crippen LogP contribution is -2.22. The van der Waals surface area contributed by atoms with E-state index >= 15 is 0 Å². The fourth-order valence-corrected chi connectivity index (χ4v) is 0.781. The van der Waals surface area contributed by atoms with E-state index in [9.17, 15) is 19.7 Å². The molecule has 1 rings (SSSR count). The average Bonchev–Trinajstić information content (AvgIpc) is 2.32. The minimum atomic E-state index is -1.25. The summed E-state index contributed by atoms with van der Waals surface area (Å²) in [5, 5.41) is 20.6. The van der Waals surface area contributed by atoms with Gasteiger partial charge in [-0.2, -0.15) is 0 Å². The van der Waals surface area contributed by atoms with Gasteiger partial charge in [-0.1, -0.05) is 0 Å². The smallest absolute Gasteiger partial charge is 0.352 e. The SMILES string of the molecule is O=C(O)Cn1[nH]cc([N+](=O)[O-])c1=O. The molecule has 0 saturated carbocycles. The highest BCUT2D eigenvalue weighted by molar-refractivity contribution is 5.66. The van der Waals surface area contributed by atoms with Crippen molar-refractivity contribution in [1.82, 2.24) is 9.78 Å². The fraction of sp³-hybridized carbons (Fsp3) is 0.200. The number of carbonyl (C=O) groups is 1. The van der Waals surface area contributed by atoms with Crippen LogP contribution in [-0.2, 0) is 11.3 Å². The summed E-state index contributed by atoms with van der Waals surface area (Å²) in [5.41, 5.74) is -1.62. The molecule has 1 aromatic heterocycles. The number of carboxylic acid groups (broad SMARTS) is 1. The molecule has 0 radical (unpaired) electrons. The van der Waals surface area contributed by atoms with Gasteiger partial charge in [0.1, 0.15) is 12.7 Å². The van der Waals surface area contributed by atoms with Crippen LogP contribution in [0.15, 0.2) is 11.0 Å². The molecule has 70 valence electrons. The molecule has 0 amide bonds. The van der Waals surface area contributed by atoms with E-state index in [1.54, 1.807) is 0 Å². The van der Waals surface area contributed by atoms with Crippen LogP contribution in [0.4, 0.5) is 5.69 Å². The van der Waals surface area contributed by atoms with Crippen molar-refractivity contribution in [3.8, 4) is 0 Å². The third-order valence-corrected chi connectivity index (χ3v) is 1.31. The van der Waals surface area contributed by atoms with E-state index in [2.05, 4.69) is 5.10 Å². The van der Waals surface area contributed by atoms with Gasteiger partial charge in [-0.25, -0.2) is 4.68 Å². The highest BCUT2D eigenvalue weighted by Crippen LogP contribution is 1.99. The first-order chi connectivity index (χ1) is 6.02. The van der Waals surface area contributed by atoms with Gasteiger partial charge in [0.15, 0.2) is 0 Å². The van der Waals surface area contributed by atoms with Crippen LogP contribution in [0.5, 0.6) is 0 Å². The Balaban J connectivity index is 3.07. The molecule has 0 unspecified atom stereocenters. The summed E-state index contributed by atoms with van der Waals surface area (Å²) in [6.07, 6.45) is 0.852. The van der Waals surface area contributed by atoms with Crippen molar-refractivity contribution in [3.05, 3.63) is 26.7 Å². The molecule has 0 aliphatic rings. The largest absolute Gasteiger partial charge is 0.480 e. The maximum Gasteiger partial charge on any atom is 0.352 e. The molecule has 1 aromatic rings. The number of hydrogen-bond acceptors (Lipinski definition) is 4. The van der Waals surface area contributed by atoms with Crippen LogP contribution in [0.2, 0.25) is 0 Å². The molecule has 0 spiro atoms. The Kier molecular flexibility index (Phi) is 2.13. The molecule has 0 aromatic carbocycles. The van der Waals surface area contributed by atoms with Crippen molar-refractivity contribution in [2.45, 2.75) is 6.54 Å². The molecule has 0 atom stereocenters. The van der Waals surface area contributed by atoms with Crippen molar-refractivity contribution < 1.29 is 14.8 Å². The number of H-pyrrole nitrogens is 1. The van der Waals surface area contributed by atoms with Crippen molar-refractivity contribution >= 4 is 11.7 Å². The van der Waals surface area contributed by atoms with E-state index in [-0.39, 0.29) is 0 Å². The number of nitrogens with one attached hydrogen (secondary N) is 1. The van der Waals surface area contributed by atoms with E-state index in [0.717, 1.165) is 6.20 Å². The van der Waals surface area contributed by atoms with Crippen LogP contribution in [0.1, 0.15) is 0 Å². The number of rotatable bonds is 3. The van der Waals surface area contributed by atoms with Gasteiger partial charge in [0.2, 0.25) is 0 Å². The van der Waals surface area contributed by atoms with Crippen LogP contribution < -0.4 is 5.56 Å². The third kappa shape index (κ3) is 1.72. The Morgan fingerprint density at radius 3 is 2.77 bits per heavy atom. The minimum absolute atomic E-state index is 0.618. The van der Waals surface area contributed by atoms with Crippen LogP contribution >= 0.6 is 0 Å². The number of aromatic nitrogens is 2. The zero-order chi connectivity index (χ0) is 10.0. The van der Waals surface area contributed by atoms with Crippen LogP contribution in [-0.4, -0.2) is 25.8 Å². The van der Waals surface area contributed by atoms with Crippen molar-refractivity contribution in [1.29, 1.82) is 0 Å². The minimum Gasteiger partial charge on any atom is -0.480 e. The Morgan fingerprint density at radius 1 is 1.77 bits per heavy atom. The van der Waals surface area contributed by atoms with E-state index in [1.807, 2.05) is 0 Å². The summed E-state index contributed by atoms with van der Waals surface area (Å²) >= 11 is 0. The van der Waals surface area contributed by atoms with Gasteiger partial charge in [-0.3, -0.25) is 24.8 Å². The van der Waals surface area contributed by atoms with Crippen LogP contribution in [0.3, 0.4) is 0 Å². The average molecular weight is 187 g/mol. The maximum atomic E-state index is 11.0. The fourth-order valence-electron chi connectivity index (χ4n) is 0.781. The van der Waals surface area contributed by atoms with Gasteiger partial charge >= 0.3 is 17.2 Å². The predicted molar refractivity (Wildman–Crippen MR) is 39.3 cm³/mol. The quantitative estimate of drug-likeness (QED) is 0.472. The van der Waals surface area contributed by atoms with Crippen molar-refractivity contribution in [2.75, 3.05) is 0 Å². The number of nitrogens with zero attached hydrogens (tertiary/aromatic N) is 2. The first kappa shape index (κ1) is 8.97. The molecular formula is C5H5N3O5. The Labute approximate surface area is 70.5 Å². The standard InChI is InChI=1S/C5H5N3O5/c9-4(10)2-7-5(11)3(1-6-7)8(12)13/h1,6H,2H2,(H,9,10). The molecule has 0 saturated heterocycles. The van der Waals surface area contributed by atoms with E-state index < -0.39 is 28.7 Å². The zero-order valence-electron chi connectivity index (χ0n) is 6.26. The lowest BCUT2D eigenvalue weighted by atomic mass is 10.6. The van der Waals surface area contributed by atoms with Crippen LogP contribution in [0.25, 0.3) is 0 Å². The predicted octanol–water partition coefficient (Wildman–Crippen LogP) is -0.831. The molecule has 0 fully saturated rings. The summed E-state index contributed by atoms with van der Waals surface area (Å²) in [4.78, 5) is 30.4. The normalized spacial score (nSPS) is 9.85. The van der Waals surface area contributed by atoms with E-state index in [4.69, 9.17) is 5.11 Å². The molecule has 0 aliphatic carbocycles. The highest BCUT2D eigenvalue weighted by Gasteiger charge is 2.17. The molecule has 8 heteroatoms. The zero-order valence-corrected chi connectivity index (χ0v) is 6.26. The second-order valence-corrected chi connectivity index (χ2v) is 2.20. The van der Waals surface area contributed by atoms with Gasteiger partial charge in [0.05, 0.1) is 4.92 Å². The summed E-state index contributed by atoms with van der Waals surface area (Å²) in [5.74, 6) is -1.25. The van der Waals surface area contributed by atoms with Crippen molar-refractivity contribution in [3.63, 3.8) is 0 Å². The Hall–Kier alpha value is -2.12. The maximum absolute atomic E-state index is 11.0. The van der Waals surface area contributed by atoms with Gasteiger partial charge < -0.3 is 5.11 Å². The number of hydrogen-bond donors (Lipinski definition) is 2. The molecule has 2 N–H and O–H groups in total. The molecule has 13 heavy (non-hydrogen) atoms. The lowest BCUT2D eigenvalue weighted by molar-refractivity contribution is -0.386. The Bertz CT molecular complexity index is 403. The lowest BCUT2D eigenvalue weighted by Gasteiger charge is -1.92. The summed E-state index contributed by atoms with van der Waals surface area (Å²) in [6, 6.07) is 0. The van der Waals surface area contributed by atoms with Crippen molar-refractivity contribution in [2.24, 2.45) is 0 Å². The molecule has 8 nitrogen and oxygen atoms in total. The van der Waals surface area contributed by atoms with Gasteiger partial charge in [0.25, 0.3) is 0 Å². The molecule has 0 aliphatic heterocycles. The summed E-state index contributed by atoms with van der Waals surface area (Å²) < 4.78 is 0.639. The molecule has 0 bridgehead atoms. The van der Waals surface area contributed by atoms with Crippen LogP contribution in [0, 0.1) is 10.1 Å². The number of nitro groups is 1. The topological polar surface area (TPSA) is 118 Å². The van der Waals surface area contributed by atoms with Gasteiger partial charge in [-0.15, -0.1) is 0 Å². The second-order valence-electron chi connectivity index (χ2n) is 2.20. The summed E-state index contributed by atoms with van der Waals surface area (Å²) in [7, 11) is 0. The second kappa shape index (κ2) is 3.09. The van der Waals surface area contributed by atoms with E-state index in [1.165, 1.54) is 0 Å². The molecule has 1 heterocycles. The number of carboxylic acids is 1. The van der Waals surface area contributed by atoms with Gasteiger partial charge in [-0.05, 0) is 0 Å². The monoisotopic (exact) mass is 187 g/mol. The highest BCUT2D eigenvalue weighted by atomic mass is 16.6. The number of aliphatic carboxylic acids is 1. The summed E-state index contributed by atoms with van der Waals surface area (Å²) in [6.45, 7) is -0.618. The third-order valence-electron chi connectivity index (χ3n) is 1.31. The van der Waals surface area contributed by atoms with Gasteiger partial charge in [0, 0.05) is 0 Å². The first-order valence-corrected chi connectivity index (χ1v) is 3.16. The Morgan fingerprint density at radius 2 is 2.38 bits per heavy atom.